The molecule has 43 heavy (non-hydrogen) atoms. The third kappa shape index (κ3) is 7.71. The number of ketones is 1. The molecule has 4 N–H and O–H groups in total. The van der Waals surface area contributed by atoms with Crippen LogP contribution in [0.5, 0.6) is 0 Å². The number of anilines is 1. The number of benzene rings is 1. The fourth-order valence-electron chi connectivity index (χ4n) is 5.80. The zero-order valence-corrected chi connectivity index (χ0v) is 25.8. The minimum absolute atomic E-state index is 0.0278. The lowest BCUT2D eigenvalue weighted by Crippen LogP contribution is -2.38. The van der Waals surface area contributed by atoms with E-state index in [1.165, 1.54) is 6.07 Å². The Balaban J connectivity index is 1.47. The molecule has 0 atom stereocenters. The maximum Gasteiger partial charge on any atom is 0.408 e. The number of alkyl carbamates (subject to hydrolysis) is 1. The van der Waals surface area contributed by atoms with Crippen LogP contribution in [-0.2, 0) is 27.1 Å². The van der Waals surface area contributed by atoms with Crippen molar-refractivity contribution in [2.75, 3.05) is 11.9 Å². The van der Waals surface area contributed by atoms with Gasteiger partial charge in [-0.1, -0.05) is 20.8 Å². The van der Waals surface area contributed by atoms with Gasteiger partial charge in [0.1, 0.15) is 24.1 Å². The molecule has 1 fully saturated rings. The van der Waals surface area contributed by atoms with E-state index in [1.807, 2.05) is 20.8 Å². The largest absolute Gasteiger partial charge is 0.461 e. The number of Topliss-reactive ketones (excluding diaryl/α,β-unsaturated/α-hetero) is 1. The summed E-state index contributed by atoms with van der Waals surface area (Å²) in [5, 5.41) is 10.4. The molecule has 2 aliphatic rings. The Morgan fingerprint density at radius 1 is 1.14 bits per heavy atom. The molecule has 234 valence electrons. The van der Waals surface area contributed by atoms with E-state index < -0.39 is 29.4 Å². The number of carbonyl (C=O) groups is 4. The number of carbonyl (C=O) groups excluding carboxylic acids is 4. The van der Waals surface area contributed by atoms with E-state index in [2.05, 4.69) is 15.7 Å². The van der Waals surface area contributed by atoms with Gasteiger partial charge < -0.3 is 25.8 Å². The Kier molecular flexibility index (Phi) is 9.17. The normalized spacial score (nSPS) is 19.7. The number of primary amides is 1. The van der Waals surface area contributed by atoms with E-state index in [1.54, 1.807) is 31.5 Å². The first-order valence-electron chi connectivity index (χ1n) is 14.8. The van der Waals surface area contributed by atoms with E-state index in [0.717, 1.165) is 5.69 Å². The summed E-state index contributed by atoms with van der Waals surface area (Å²) in [6.45, 7) is 10.8. The first-order chi connectivity index (χ1) is 20.1. The number of esters is 1. The topological polar surface area (TPSA) is 155 Å². The molecule has 4 rings (SSSR count). The fraction of sp³-hybridized carbons (Fsp3) is 0.581. The van der Waals surface area contributed by atoms with Crippen LogP contribution in [0.4, 0.5) is 14.9 Å². The lowest BCUT2D eigenvalue weighted by Gasteiger charge is -2.30. The van der Waals surface area contributed by atoms with Crippen LogP contribution < -0.4 is 16.4 Å². The van der Waals surface area contributed by atoms with Crippen molar-refractivity contribution in [3.8, 4) is 5.69 Å². The SMILES string of the molecule is CCc1nn(-c2cc(F)c(C(N)=O)c(N[C@H]3CC[C@H](OC(=O)CNC(=O)OC(C)(C)C)CC3)c2)c2c1C(=O)CC(C)(C)C2. The number of aryl methyl sites for hydroxylation is 1. The zero-order valence-electron chi connectivity index (χ0n) is 25.8. The number of ether oxygens (including phenoxy) is 2. The molecule has 1 aromatic heterocycles. The maximum absolute atomic E-state index is 15.4. The smallest absolute Gasteiger partial charge is 0.408 e. The Hall–Kier alpha value is -3.96. The number of rotatable bonds is 8. The molecule has 1 heterocycles. The maximum atomic E-state index is 15.4. The van der Waals surface area contributed by atoms with Crippen LogP contribution in [0.3, 0.4) is 0 Å². The summed E-state index contributed by atoms with van der Waals surface area (Å²) in [5.41, 5.74) is 7.02. The third-order valence-corrected chi connectivity index (χ3v) is 7.63. The molecule has 1 saturated carbocycles. The van der Waals surface area contributed by atoms with Crippen LogP contribution >= 0.6 is 0 Å². The molecule has 0 aliphatic heterocycles. The van der Waals surface area contributed by atoms with E-state index in [4.69, 9.17) is 15.2 Å². The number of hydrogen-bond donors (Lipinski definition) is 3. The Morgan fingerprint density at radius 2 is 1.81 bits per heavy atom. The molecule has 0 bridgehead atoms. The van der Waals surface area contributed by atoms with Gasteiger partial charge in [-0.05, 0) is 70.8 Å². The average Bonchev–Trinajstić information content (AvgIpc) is 3.25. The predicted molar refractivity (Wildman–Crippen MR) is 158 cm³/mol. The molecule has 0 radical (unpaired) electrons. The van der Waals surface area contributed by atoms with Gasteiger partial charge in [-0.25, -0.2) is 13.9 Å². The third-order valence-electron chi connectivity index (χ3n) is 7.63. The number of nitrogens with one attached hydrogen (secondary N) is 2. The van der Waals surface area contributed by atoms with E-state index in [0.29, 0.717) is 61.9 Å². The number of fused-ring (bicyclic) bond motifs is 1. The highest BCUT2D eigenvalue weighted by Gasteiger charge is 2.36. The van der Waals surface area contributed by atoms with Crippen molar-refractivity contribution in [2.24, 2.45) is 11.1 Å². The van der Waals surface area contributed by atoms with Crippen molar-refractivity contribution in [1.29, 1.82) is 0 Å². The van der Waals surface area contributed by atoms with Gasteiger partial charge in [-0.15, -0.1) is 0 Å². The summed E-state index contributed by atoms with van der Waals surface area (Å²) in [6, 6.07) is 2.74. The molecule has 2 aromatic rings. The molecule has 11 nitrogen and oxygen atoms in total. The molecule has 0 saturated heterocycles. The number of halogens is 1. The minimum atomic E-state index is -0.903. The molecule has 2 amide bonds. The Morgan fingerprint density at radius 3 is 2.42 bits per heavy atom. The van der Waals surface area contributed by atoms with Crippen molar-refractivity contribution in [3.05, 3.63) is 40.5 Å². The predicted octanol–water partition coefficient (Wildman–Crippen LogP) is 4.62. The highest BCUT2D eigenvalue weighted by atomic mass is 19.1. The second-order valence-electron chi connectivity index (χ2n) is 13.2. The molecule has 0 unspecified atom stereocenters. The molecule has 2 aliphatic carbocycles. The van der Waals surface area contributed by atoms with Gasteiger partial charge in [0.15, 0.2) is 5.78 Å². The van der Waals surface area contributed by atoms with Gasteiger partial charge in [0.2, 0.25) is 0 Å². The quantitative estimate of drug-likeness (QED) is 0.372. The lowest BCUT2D eigenvalue weighted by atomic mass is 9.75. The molecule has 0 spiro atoms. The van der Waals surface area contributed by atoms with Gasteiger partial charge >= 0.3 is 12.1 Å². The van der Waals surface area contributed by atoms with E-state index in [9.17, 15) is 19.2 Å². The van der Waals surface area contributed by atoms with Crippen LogP contribution in [0.2, 0.25) is 0 Å². The first-order valence-corrected chi connectivity index (χ1v) is 14.8. The number of aromatic nitrogens is 2. The highest BCUT2D eigenvalue weighted by molar-refractivity contribution is 6.00. The summed E-state index contributed by atoms with van der Waals surface area (Å²) in [4.78, 5) is 49.3. The summed E-state index contributed by atoms with van der Waals surface area (Å²) in [7, 11) is 0. The summed E-state index contributed by atoms with van der Waals surface area (Å²) >= 11 is 0. The molecule has 1 aromatic carbocycles. The van der Waals surface area contributed by atoms with Crippen molar-refractivity contribution < 1.29 is 33.0 Å². The van der Waals surface area contributed by atoms with Gasteiger partial charge in [-0.2, -0.15) is 5.10 Å². The van der Waals surface area contributed by atoms with Crippen molar-refractivity contribution >= 4 is 29.4 Å². The molecular formula is C31H42FN5O6. The Bertz CT molecular complexity index is 1420. The summed E-state index contributed by atoms with van der Waals surface area (Å²) < 4.78 is 27.7. The Labute approximate surface area is 251 Å². The number of nitrogens with two attached hydrogens (primary N) is 1. The minimum Gasteiger partial charge on any atom is -0.461 e. The van der Waals surface area contributed by atoms with Crippen molar-refractivity contribution in [2.45, 2.75) is 104 Å². The monoisotopic (exact) mass is 599 g/mol. The van der Waals surface area contributed by atoms with Crippen LogP contribution in [-0.4, -0.2) is 57.8 Å². The second-order valence-corrected chi connectivity index (χ2v) is 13.2. The van der Waals surface area contributed by atoms with Gasteiger partial charge in [0, 0.05) is 18.5 Å². The number of amides is 2. The fourth-order valence-corrected chi connectivity index (χ4v) is 5.80. The van der Waals surface area contributed by atoms with Gasteiger partial charge in [-0.3, -0.25) is 14.4 Å². The molecule has 12 heteroatoms. The first kappa shape index (κ1) is 32.0. The average molecular weight is 600 g/mol. The second kappa shape index (κ2) is 12.3. The van der Waals surface area contributed by atoms with Crippen LogP contribution in [0.15, 0.2) is 12.1 Å². The lowest BCUT2D eigenvalue weighted by molar-refractivity contribution is -0.149. The van der Waals surface area contributed by atoms with Crippen LogP contribution in [0, 0.1) is 11.2 Å². The number of hydrogen-bond acceptors (Lipinski definition) is 8. The van der Waals surface area contributed by atoms with Crippen molar-refractivity contribution in [3.63, 3.8) is 0 Å². The highest BCUT2D eigenvalue weighted by Crippen LogP contribution is 2.38. The zero-order chi connectivity index (χ0) is 31.7. The summed E-state index contributed by atoms with van der Waals surface area (Å²) in [5.74, 6) is -2.22. The summed E-state index contributed by atoms with van der Waals surface area (Å²) in [6.07, 6.45) is 2.77. The standard InChI is InChI=1S/C31H42FN5O6/c1-7-21-27-23(14-31(5,6)15-24(27)38)37(36-21)18-12-20(32)26(28(33)40)22(13-18)35-17-8-10-19(11-9-17)42-25(39)16-34-29(41)43-30(2,3)4/h12-13,17,19,35H,7-11,14-16H2,1-6H3,(H2,33,40)(H,34,41)/t17-,19-. The van der Waals surface area contributed by atoms with Crippen molar-refractivity contribution in [1.82, 2.24) is 15.1 Å². The van der Waals surface area contributed by atoms with E-state index in [-0.39, 0.29) is 41.1 Å². The van der Waals surface area contributed by atoms with Gasteiger partial charge in [0.05, 0.1) is 33.9 Å². The van der Waals surface area contributed by atoms with Gasteiger partial charge in [0.25, 0.3) is 5.91 Å². The molecular weight excluding hydrogens is 557 g/mol. The number of nitrogens with zero attached hydrogens (tertiary/aromatic N) is 2. The van der Waals surface area contributed by atoms with Crippen LogP contribution in [0.1, 0.15) is 106 Å². The van der Waals surface area contributed by atoms with Crippen LogP contribution in [0.25, 0.3) is 5.69 Å². The van der Waals surface area contributed by atoms with E-state index >= 15 is 4.39 Å².